The zero-order valence-corrected chi connectivity index (χ0v) is 21.5. The molecule has 1 aliphatic rings. The Bertz CT molecular complexity index is 653. The second kappa shape index (κ2) is 13.3. The van der Waals surface area contributed by atoms with E-state index in [1.54, 1.807) is 16.7 Å². The second-order valence-corrected chi connectivity index (χ2v) is 8.34. The Morgan fingerprint density at radius 3 is 2.55 bits per heavy atom. The van der Waals surface area contributed by atoms with Crippen molar-refractivity contribution in [2.75, 3.05) is 54.1 Å². The maximum Gasteiger partial charge on any atom is 0.239 e. The maximum atomic E-state index is 12.3. The summed E-state index contributed by atoms with van der Waals surface area (Å²) >= 11 is 1.76. The van der Waals surface area contributed by atoms with Crippen LogP contribution in [0.15, 0.2) is 34.2 Å². The second-order valence-electron chi connectivity index (χ2n) is 7.46. The van der Waals surface area contributed by atoms with Gasteiger partial charge >= 0.3 is 0 Å². The lowest BCUT2D eigenvalue weighted by atomic mass is 10.2. The third-order valence-electron chi connectivity index (χ3n) is 5.15. The molecule has 164 valence electrons. The fourth-order valence-corrected chi connectivity index (χ4v) is 4.03. The molecule has 1 unspecified atom stereocenters. The maximum absolute atomic E-state index is 12.3. The first kappa shape index (κ1) is 26.0. The number of likely N-dealkylation sites (N-methyl/N-ethyl adjacent to an activating group) is 1. The van der Waals surface area contributed by atoms with Crippen LogP contribution in [0, 0.1) is 0 Å². The Hall–Kier alpha value is -1.000. The van der Waals surface area contributed by atoms with Gasteiger partial charge in [-0.05, 0) is 49.8 Å². The lowest BCUT2D eigenvalue weighted by Gasteiger charge is -2.26. The molecule has 29 heavy (non-hydrogen) atoms. The molecular weight excluding hydrogens is 497 g/mol. The van der Waals surface area contributed by atoms with Crippen molar-refractivity contribution in [2.45, 2.75) is 36.7 Å². The van der Waals surface area contributed by atoms with Gasteiger partial charge in [-0.25, -0.2) is 0 Å². The summed E-state index contributed by atoms with van der Waals surface area (Å²) in [6.07, 6.45) is 5.17. The number of thioether (sulfide) groups is 1. The largest absolute Gasteiger partial charge is 0.356 e. The molecule has 8 heteroatoms. The van der Waals surface area contributed by atoms with Crippen molar-refractivity contribution >= 4 is 47.6 Å². The van der Waals surface area contributed by atoms with Crippen LogP contribution in [0.25, 0.3) is 0 Å². The highest BCUT2D eigenvalue weighted by Crippen LogP contribution is 2.19. The van der Waals surface area contributed by atoms with Crippen molar-refractivity contribution in [2.24, 2.45) is 4.99 Å². The van der Waals surface area contributed by atoms with Crippen LogP contribution in [0.2, 0.25) is 0 Å². The molecule has 0 spiro atoms. The van der Waals surface area contributed by atoms with Crippen molar-refractivity contribution in [3.8, 4) is 0 Å². The predicted molar refractivity (Wildman–Crippen MR) is 134 cm³/mol. The van der Waals surface area contributed by atoms with Gasteiger partial charge in [-0.3, -0.25) is 14.7 Å². The average Bonchev–Trinajstić information content (AvgIpc) is 3.16. The number of nitrogens with zero attached hydrogens (tertiary/aromatic N) is 4. The Morgan fingerprint density at radius 1 is 1.28 bits per heavy atom. The quantitative estimate of drug-likeness (QED) is 0.183. The summed E-state index contributed by atoms with van der Waals surface area (Å²) in [7, 11) is 7.57. The van der Waals surface area contributed by atoms with Crippen molar-refractivity contribution < 1.29 is 4.79 Å². The van der Waals surface area contributed by atoms with E-state index >= 15 is 0 Å². The summed E-state index contributed by atoms with van der Waals surface area (Å²) in [5.41, 5.74) is 1.27. The molecule has 2 rings (SSSR count). The van der Waals surface area contributed by atoms with E-state index in [9.17, 15) is 4.79 Å². The molecule has 1 aromatic carbocycles. The Labute approximate surface area is 197 Å². The first-order chi connectivity index (χ1) is 13.5. The van der Waals surface area contributed by atoms with Gasteiger partial charge in [-0.2, -0.15) is 0 Å². The first-order valence-corrected chi connectivity index (χ1v) is 11.2. The third kappa shape index (κ3) is 7.97. The van der Waals surface area contributed by atoms with Gasteiger partial charge in [-0.15, -0.1) is 35.7 Å². The molecule has 0 aromatic heterocycles. The Balaban J connectivity index is 0.00000420. The number of carbonyl (C=O) groups is 1. The summed E-state index contributed by atoms with van der Waals surface area (Å²) in [6, 6.07) is 8.72. The van der Waals surface area contributed by atoms with Crippen LogP contribution in [0.3, 0.4) is 0 Å². The normalized spacial score (nSPS) is 17.0. The van der Waals surface area contributed by atoms with Crippen LogP contribution in [-0.2, 0) is 11.3 Å². The van der Waals surface area contributed by atoms with Crippen molar-refractivity contribution in [1.82, 2.24) is 20.0 Å². The van der Waals surface area contributed by atoms with Gasteiger partial charge in [0.05, 0.1) is 6.04 Å². The SMILES string of the molecule is CN=C(NCCCN1CCCC1C(=O)N(C)C)N(C)Cc1ccc(SC)cc1.I. The molecule has 0 bridgehead atoms. The highest BCUT2D eigenvalue weighted by Gasteiger charge is 2.30. The molecule has 6 nitrogen and oxygen atoms in total. The van der Waals surface area contributed by atoms with Gasteiger partial charge in [0.25, 0.3) is 0 Å². The Morgan fingerprint density at radius 2 is 1.97 bits per heavy atom. The summed E-state index contributed by atoms with van der Waals surface area (Å²) in [4.78, 5) is 24.1. The molecule has 1 atom stereocenters. The smallest absolute Gasteiger partial charge is 0.239 e. The van der Waals surface area contributed by atoms with Gasteiger partial charge in [0, 0.05) is 52.7 Å². The number of rotatable bonds is 8. The van der Waals surface area contributed by atoms with Gasteiger partial charge < -0.3 is 15.1 Å². The van der Waals surface area contributed by atoms with Crippen molar-refractivity contribution in [1.29, 1.82) is 0 Å². The number of hydrogen-bond acceptors (Lipinski definition) is 4. The molecule has 1 saturated heterocycles. The minimum absolute atomic E-state index is 0. The molecule has 1 aromatic rings. The van der Waals surface area contributed by atoms with E-state index < -0.39 is 0 Å². The van der Waals surface area contributed by atoms with E-state index in [0.717, 1.165) is 51.4 Å². The number of guanidine groups is 1. The van der Waals surface area contributed by atoms with E-state index in [-0.39, 0.29) is 35.9 Å². The molecule has 0 aliphatic carbocycles. The zero-order valence-electron chi connectivity index (χ0n) is 18.4. The average molecular weight is 534 g/mol. The standard InChI is InChI=1S/C21H35N5OS.HI/c1-22-21(25(4)16-17-9-11-18(28-5)12-10-17)23-13-7-15-26-14-6-8-19(26)20(27)24(2)3;/h9-12,19H,6-8,13-16H2,1-5H3,(H,22,23);1H. The van der Waals surface area contributed by atoms with Crippen LogP contribution in [0.5, 0.6) is 0 Å². The van der Waals surface area contributed by atoms with E-state index in [4.69, 9.17) is 0 Å². The topological polar surface area (TPSA) is 51.2 Å². The fourth-order valence-electron chi connectivity index (χ4n) is 3.62. The predicted octanol–water partition coefficient (Wildman–Crippen LogP) is 2.98. The molecule has 1 fully saturated rings. The molecular formula is C21H36IN5OS. The van der Waals surface area contributed by atoms with Crippen LogP contribution in [0.4, 0.5) is 0 Å². The Kier molecular flexibility index (Phi) is 12.0. The number of amides is 1. The number of benzene rings is 1. The number of halogens is 1. The van der Waals surface area contributed by atoms with Gasteiger partial charge in [0.15, 0.2) is 5.96 Å². The molecule has 1 aliphatic heterocycles. The summed E-state index contributed by atoms with van der Waals surface area (Å²) in [5, 5.41) is 3.45. The van der Waals surface area contributed by atoms with E-state index in [2.05, 4.69) is 57.7 Å². The number of nitrogens with one attached hydrogen (secondary N) is 1. The summed E-state index contributed by atoms with van der Waals surface area (Å²) in [5.74, 6) is 1.13. The van der Waals surface area contributed by atoms with Crippen LogP contribution < -0.4 is 5.32 Å². The molecule has 0 radical (unpaired) electrons. The van der Waals surface area contributed by atoms with Crippen molar-refractivity contribution in [3.05, 3.63) is 29.8 Å². The lowest BCUT2D eigenvalue weighted by molar-refractivity contribution is -0.133. The highest BCUT2D eigenvalue weighted by atomic mass is 127. The first-order valence-electron chi connectivity index (χ1n) is 9.96. The number of carbonyl (C=O) groups excluding carboxylic acids is 1. The number of hydrogen-bond donors (Lipinski definition) is 1. The van der Waals surface area contributed by atoms with Crippen LogP contribution in [0.1, 0.15) is 24.8 Å². The van der Waals surface area contributed by atoms with E-state index in [1.165, 1.54) is 10.5 Å². The number of likely N-dealkylation sites (tertiary alicyclic amines) is 1. The summed E-state index contributed by atoms with van der Waals surface area (Å²) < 4.78 is 0. The molecule has 1 heterocycles. The van der Waals surface area contributed by atoms with Crippen LogP contribution in [-0.4, -0.2) is 86.7 Å². The van der Waals surface area contributed by atoms with E-state index in [1.807, 2.05) is 21.1 Å². The zero-order chi connectivity index (χ0) is 20.5. The lowest BCUT2D eigenvalue weighted by Crippen LogP contribution is -2.44. The fraction of sp³-hybridized carbons (Fsp3) is 0.619. The molecule has 0 saturated carbocycles. The van der Waals surface area contributed by atoms with Gasteiger partial charge in [-0.1, -0.05) is 12.1 Å². The van der Waals surface area contributed by atoms with E-state index in [0.29, 0.717) is 0 Å². The molecule has 1 N–H and O–H groups in total. The van der Waals surface area contributed by atoms with Crippen molar-refractivity contribution in [3.63, 3.8) is 0 Å². The van der Waals surface area contributed by atoms with Crippen LogP contribution >= 0.6 is 35.7 Å². The van der Waals surface area contributed by atoms with Gasteiger partial charge in [0.2, 0.25) is 5.91 Å². The highest BCUT2D eigenvalue weighted by molar-refractivity contribution is 14.0. The number of aliphatic imine (C=N–C) groups is 1. The summed E-state index contributed by atoms with van der Waals surface area (Å²) in [6.45, 7) is 3.63. The molecule has 1 amide bonds. The minimum Gasteiger partial charge on any atom is -0.356 e. The third-order valence-corrected chi connectivity index (χ3v) is 5.89. The minimum atomic E-state index is 0. The monoisotopic (exact) mass is 533 g/mol. The van der Waals surface area contributed by atoms with Gasteiger partial charge in [0.1, 0.15) is 0 Å².